The molecule has 0 atom stereocenters. The van der Waals surface area contributed by atoms with Crippen molar-refractivity contribution in [2.24, 2.45) is 17.7 Å². The van der Waals surface area contributed by atoms with Crippen LogP contribution in [0.4, 0.5) is 11.9 Å². The lowest BCUT2D eigenvalue weighted by Crippen LogP contribution is -2.31. The van der Waals surface area contributed by atoms with E-state index in [4.69, 9.17) is 5.84 Å². The van der Waals surface area contributed by atoms with Crippen molar-refractivity contribution in [3.8, 4) is 0 Å². The van der Waals surface area contributed by atoms with Gasteiger partial charge in [0.25, 0.3) is 5.91 Å². The summed E-state index contributed by atoms with van der Waals surface area (Å²) in [6, 6.07) is 9.89. The highest BCUT2D eigenvalue weighted by molar-refractivity contribution is 5.94. The van der Waals surface area contributed by atoms with E-state index in [0.717, 1.165) is 25.7 Å². The van der Waals surface area contributed by atoms with E-state index in [0.29, 0.717) is 11.3 Å². The summed E-state index contributed by atoms with van der Waals surface area (Å²) in [5, 5.41) is 13.5. The Morgan fingerprint density at radius 1 is 0.816 bits per heavy atom. The molecule has 0 spiro atoms. The third kappa shape index (κ3) is 5.27. The first kappa shape index (κ1) is 24.8. The first-order chi connectivity index (χ1) is 18.4. The lowest BCUT2D eigenvalue weighted by molar-refractivity contribution is -0.118. The second-order valence-electron chi connectivity index (χ2n) is 8.72. The Kier molecular flexibility index (Phi) is 6.66. The summed E-state index contributed by atoms with van der Waals surface area (Å²) in [5.74, 6) is 4.50. The third-order valence-electron chi connectivity index (χ3n) is 5.84. The van der Waals surface area contributed by atoms with Gasteiger partial charge in [-0.1, -0.05) is 12.1 Å². The SMILES string of the molecule is COC(=O)c1cccc2nc(NC(=O)C3CC3)nn12.NNC(=O)c1cccc2nc(NC(=O)C3CC3)nn12. The number of nitrogens with zero attached hydrogens (tertiary/aromatic N) is 6. The number of pyridine rings is 2. The Balaban J connectivity index is 0.000000155. The Hall–Kier alpha value is -4.92. The molecule has 3 amide bonds. The van der Waals surface area contributed by atoms with Gasteiger partial charge in [0.2, 0.25) is 23.7 Å². The Morgan fingerprint density at radius 2 is 1.29 bits per heavy atom. The van der Waals surface area contributed by atoms with Crippen LogP contribution >= 0.6 is 0 Å². The minimum Gasteiger partial charge on any atom is -0.464 e. The van der Waals surface area contributed by atoms with Crippen molar-refractivity contribution < 1.29 is 23.9 Å². The number of methoxy groups -OCH3 is 1. The average molecular weight is 521 g/mol. The number of rotatable bonds is 6. The monoisotopic (exact) mass is 520 g/mol. The molecule has 0 saturated heterocycles. The minimum atomic E-state index is -0.504. The van der Waals surface area contributed by atoms with Gasteiger partial charge in [-0.15, -0.1) is 10.2 Å². The molecule has 5 N–H and O–H groups in total. The van der Waals surface area contributed by atoms with Crippen molar-refractivity contribution >= 4 is 46.9 Å². The van der Waals surface area contributed by atoms with Gasteiger partial charge < -0.3 is 4.74 Å². The average Bonchev–Trinajstić information content (AvgIpc) is 3.85. The predicted molar refractivity (Wildman–Crippen MR) is 132 cm³/mol. The maximum atomic E-state index is 11.6. The molecular weight excluding hydrogens is 496 g/mol. The van der Waals surface area contributed by atoms with Crippen molar-refractivity contribution in [3.05, 3.63) is 47.8 Å². The van der Waals surface area contributed by atoms with E-state index in [2.05, 4.69) is 35.5 Å². The molecule has 15 heteroatoms. The van der Waals surface area contributed by atoms with E-state index < -0.39 is 11.9 Å². The van der Waals surface area contributed by atoms with Gasteiger partial charge in [-0.2, -0.15) is 9.97 Å². The number of esters is 1. The van der Waals surface area contributed by atoms with Gasteiger partial charge in [-0.25, -0.2) is 19.7 Å². The van der Waals surface area contributed by atoms with Gasteiger partial charge >= 0.3 is 5.97 Å². The molecule has 2 saturated carbocycles. The number of anilines is 2. The number of hydrogen-bond acceptors (Lipinski definition) is 10. The zero-order valence-corrected chi connectivity index (χ0v) is 20.2. The molecule has 4 heterocycles. The van der Waals surface area contributed by atoms with E-state index in [-0.39, 0.29) is 46.9 Å². The number of ether oxygens (including phenoxy) is 1. The molecule has 38 heavy (non-hydrogen) atoms. The van der Waals surface area contributed by atoms with Crippen LogP contribution in [0.15, 0.2) is 36.4 Å². The molecule has 0 aromatic carbocycles. The fraction of sp³-hybridized carbons (Fsp3) is 0.304. The van der Waals surface area contributed by atoms with Gasteiger partial charge in [0.05, 0.1) is 7.11 Å². The standard InChI is InChI=1S/C12H12N4O3.C11H12N6O2/c1-19-11(18)8-3-2-4-9-13-12(15-16(8)9)14-10(17)7-5-6-7;12-15-10(19)7-2-1-3-8-13-11(16-17(7)8)14-9(18)6-4-5-6/h2-4,7H,5-6H2,1H3,(H,14,15,17);1-3,6H,4-5,12H2,(H,15,19)(H,14,16,18). The highest BCUT2D eigenvalue weighted by Gasteiger charge is 2.31. The zero-order valence-electron chi connectivity index (χ0n) is 20.2. The second kappa shape index (κ2) is 10.2. The first-order valence-electron chi connectivity index (χ1n) is 11.8. The van der Waals surface area contributed by atoms with E-state index in [1.54, 1.807) is 36.4 Å². The Morgan fingerprint density at radius 3 is 1.74 bits per heavy atom. The largest absolute Gasteiger partial charge is 0.464 e. The summed E-state index contributed by atoms with van der Waals surface area (Å²) >= 11 is 0. The number of nitrogens with one attached hydrogen (secondary N) is 3. The summed E-state index contributed by atoms with van der Waals surface area (Å²) in [4.78, 5) is 54.7. The van der Waals surface area contributed by atoms with Gasteiger partial charge in [-0.3, -0.25) is 30.4 Å². The molecule has 0 aliphatic heterocycles. The summed E-state index contributed by atoms with van der Waals surface area (Å²) < 4.78 is 7.36. The van der Waals surface area contributed by atoms with Crippen LogP contribution in [0.2, 0.25) is 0 Å². The summed E-state index contributed by atoms with van der Waals surface area (Å²) in [6.07, 6.45) is 3.62. The van der Waals surface area contributed by atoms with E-state index in [1.165, 1.54) is 16.1 Å². The lowest BCUT2D eigenvalue weighted by atomic mass is 10.3. The Labute approximate surface area is 214 Å². The number of hydrogen-bond donors (Lipinski definition) is 4. The minimum absolute atomic E-state index is 0.0680. The quantitative estimate of drug-likeness (QED) is 0.120. The summed E-state index contributed by atoms with van der Waals surface area (Å²) in [5.41, 5.74) is 3.50. The molecule has 4 aromatic heterocycles. The number of nitrogens with two attached hydrogens (primary N) is 1. The molecule has 196 valence electrons. The van der Waals surface area contributed by atoms with E-state index in [9.17, 15) is 19.2 Å². The van der Waals surface area contributed by atoms with Gasteiger partial charge in [0.1, 0.15) is 5.69 Å². The van der Waals surface area contributed by atoms with Crippen molar-refractivity contribution in [2.45, 2.75) is 25.7 Å². The number of amides is 3. The molecule has 6 rings (SSSR count). The van der Waals surface area contributed by atoms with Crippen LogP contribution in [-0.2, 0) is 14.3 Å². The van der Waals surface area contributed by atoms with Crippen LogP contribution in [0.1, 0.15) is 46.7 Å². The van der Waals surface area contributed by atoms with Crippen LogP contribution in [0, 0.1) is 11.8 Å². The Bertz CT molecular complexity index is 1440. The van der Waals surface area contributed by atoms with Gasteiger partial charge in [0.15, 0.2) is 17.0 Å². The van der Waals surface area contributed by atoms with Crippen molar-refractivity contribution in [1.29, 1.82) is 0 Å². The molecule has 0 radical (unpaired) electrons. The topological polar surface area (TPSA) is 200 Å². The van der Waals surface area contributed by atoms with Crippen molar-refractivity contribution in [3.63, 3.8) is 0 Å². The normalized spacial score (nSPS) is 14.4. The maximum Gasteiger partial charge on any atom is 0.356 e. The summed E-state index contributed by atoms with van der Waals surface area (Å²) in [7, 11) is 1.30. The number of fused-ring (bicyclic) bond motifs is 2. The molecule has 0 bridgehead atoms. The highest BCUT2D eigenvalue weighted by Crippen LogP contribution is 2.30. The molecule has 2 aliphatic rings. The van der Waals surface area contributed by atoms with Crippen LogP contribution in [0.25, 0.3) is 11.3 Å². The fourth-order valence-corrected chi connectivity index (χ4v) is 3.54. The lowest BCUT2D eigenvalue weighted by Gasteiger charge is -2.00. The van der Waals surface area contributed by atoms with Crippen LogP contribution in [-0.4, -0.2) is 60.0 Å². The second-order valence-corrected chi connectivity index (χ2v) is 8.72. The van der Waals surface area contributed by atoms with Crippen LogP contribution in [0.5, 0.6) is 0 Å². The van der Waals surface area contributed by atoms with Crippen molar-refractivity contribution in [2.75, 3.05) is 17.7 Å². The first-order valence-corrected chi connectivity index (χ1v) is 11.8. The molecular formula is C23H24N10O5. The van der Waals surface area contributed by atoms with E-state index in [1.807, 2.05) is 5.43 Å². The number of carbonyl (C=O) groups is 4. The van der Waals surface area contributed by atoms with Gasteiger partial charge in [0, 0.05) is 11.8 Å². The van der Waals surface area contributed by atoms with Gasteiger partial charge in [-0.05, 0) is 49.9 Å². The molecule has 2 fully saturated rings. The summed E-state index contributed by atoms with van der Waals surface area (Å²) in [6.45, 7) is 0. The maximum absolute atomic E-state index is 11.6. The highest BCUT2D eigenvalue weighted by atomic mass is 16.5. The smallest absolute Gasteiger partial charge is 0.356 e. The molecule has 0 unspecified atom stereocenters. The third-order valence-corrected chi connectivity index (χ3v) is 5.84. The molecule has 15 nitrogen and oxygen atoms in total. The predicted octanol–water partition coefficient (Wildman–Crippen LogP) is 0.546. The molecule has 4 aromatic rings. The fourth-order valence-electron chi connectivity index (χ4n) is 3.54. The number of aromatic nitrogens is 6. The zero-order chi connectivity index (χ0) is 26.8. The van der Waals surface area contributed by atoms with E-state index >= 15 is 0 Å². The van der Waals surface area contributed by atoms with Crippen LogP contribution < -0.4 is 21.9 Å². The van der Waals surface area contributed by atoms with Crippen molar-refractivity contribution in [1.82, 2.24) is 34.6 Å². The number of carbonyl (C=O) groups excluding carboxylic acids is 4. The molecule has 2 aliphatic carbocycles. The number of nitrogen functional groups attached to an aromatic ring is 1. The number of hydrazine groups is 1. The van der Waals surface area contributed by atoms with Crippen LogP contribution in [0.3, 0.4) is 0 Å².